The van der Waals surface area contributed by atoms with Gasteiger partial charge in [-0.05, 0) is 13.8 Å². The van der Waals surface area contributed by atoms with Crippen LogP contribution < -0.4 is 16.6 Å². The SMILES string of the molecule is CCn1ccc(=O)n(Cc2nc(C)cc(NC)n2)c1=O. The first-order valence-electron chi connectivity index (χ1n) is 6.37. The van der Waals surface area contributed by atoms with Crippen molar-refractivity contribution >= 4 is 5.82 Å². The lowest BCUT2D eigenvalue weighted by molar-refractivity contribution is 0.587. The number of aromatic nitrogens is 4. The average Bonchev–Trinajstić information content (AvgIpc) is 2.43. The summed E-state index contributed by atoms with van der Waals surface area (Å²) >= 11 is 0. The fraction of sp³-hybridized carbons (Fsp3) is 0.385. The number of hydrogen-bond acceptors (Lipinski definition) is 5. The standard InChI is InChI=1S/C13H17N5O2/c1-4-17-6-5-12(19)18(13(17)20)8-11-15-9(2)7-10(14-3)16-11/h5-7H,4,8H2,1-3H3,(H,14,15,16). The summed E-state index contributed by atoms with van der Waals surface area (Å²) in [5.41, 5.74) is 0.0751. The van der Waals surface area contributed by atoms with Gasteiger partial charge >= 0.3 is 5.69 Å². The van der Waals surface area contributed by atoms with Crippen LogP contribution in [0.25, 0.3) is 0 Å². The molecule has 2 aromatic heterocycles. The molecule has 7 heteroatoms. The average molecular weight is 275 g/mol. The van der Waals surface area contributed by atoms with Gasteiger partial charge in [0, 0.05) is 37.6 Å². The number of hydrogen-bond donors (Lipinski definition) is 1. The quantitative estimate of drug-likeness (QED) is 0.863. The van der Waals surface area contributed by atoms with Crippen LogP contribution in [0.1, 0.15) is 18.4 Å². The molecule has 20 heavy (non-hydrogen) atoms. The molecule has 106 valence electrons. The fourth-order valence-corrected chi connectivity index (χ4v) is 1.91. The molecule has 0 aliphatic rings. The van der Waals surface area contributed by atoms with Crippen molar-refractivity contribution < 1.29 is 0 Å². The molecule has 0 spiro atoms. The smallest absolute Gasteiger partial charge is 0.331 e. The first kappa shape index (κ1) is 14.0. The number of rotatable bonds is 4. The Morgan fingerprint density at radius 2 is 2.05 bits per heavy atom. The van der Waals surface area contributed by atoms with Gasteiger partial charge in [0.1, 0.15) is 5.82 Å². The number of nitrogens with one attached hydrogen (secondary N) is 1. The van der Waals surface area contributed by atoms with Gasteiger partial charge in [0.15, 0.2) is 5.82 Å². The molecule has 0 saturated heterocycles. The highest BCUT2D eigenvalue weighted by Crippen LogP contribution is 2.05. The topological polar surface area (TPSA) is 81.8 Å². The third kappa shape index (κ3) is 2.76. The van der Waals surface area contributed by atoms with Crippen molar-refractivity contribution in [3.05, 3.63) is 50.7 Å². The maximum atomic E-state index is 12.1. The van der Waals surface area contributed by atoms with Crippen LogP contribution in [0, 0.1) is 6.92 Å². The van der Waals surface area contributed by atoms with Gasteiger partial charge in [0.05, 0.1) is 6.54 Å². The molecule has 2 rings (SSSR count). The Hall–Kier alpha value is -2.44. The van der Waals surface area contributed by atoms with E-state index in [2.05, 4.69) is 15.3 Å². The van der Waals surface area contributed by atoms with Gasteiger partial charge in [-0.15, -0.1) is 0 Å². The van der Waals surface area contributed by atoms with Crippen LogP contribution in [-0.2, 0) is 13.1 Å². The van der Waals surface area contributed by atoms with E-state index in [-0.39, 0.29) is 17.8 Å². The molecule has 0 saturated carbocycles. The Bertz CT molecular complexity index is 732. The maximum absolute atomic E-state index is 12.1. The zero-order valence-electron chi connectivity index (χ0n) is 11.8. The Kier molecular flexibility index (Phi) is 3.97. The number of anilines is 1. The largest absolute Gasteiger partial charge is 0.373 e. The van der Waals surface area contributed by atoms with Gasteiger partial charge < -0.3 is 9.88 Å². The zero-order chi connectivity index (χ0) is 14.7. The van der Waals surface area contributed by atoms with Crippen LogP contribution in [-0.4, -0.2) is 26.1 Å². The molecular weight excluding hydrogens is 258 g/mol. The molecule has 0 unspecified atom stereocenters. The number of nitrogens with zero attached hydrogens (tertiary/aromatic N) is 4. The van der Waals surface area contributed by atoms with Gasteiger partial charge in [-0.1, -0.05) is 0 Å². The molecule has 0 fully saturated rings. The Labute approximate surface area is 115 Å². The van der Waals surface area contributed by atoms with E-state index in [1.807, 2.05) is 13.8 Å². The van der Waals surface area contributed by atoms with Gasteiger partial charge in [-0.3, -0.25) is 9.36 Å². The third-order valence-corrected chi connectivity index (χ3v) is 2.94. The molecular formula is C13H17N5O2. The normalized spacial score (nSPS) is 10.6. The van der Waals surface area contributed by atoms with Crippen molar-refractivity contribution in [1.29, 1.82) is 0 Å². The fourth-order valence-electron chi connectivity index (χ4n) is 1.91. The van der Waals surface area contributed by atoms with E-state index in [0.717, 1.165) is 10.3 Å². The van der Waals surface area contributed by atoms with Crippen molar-refractivity contribution in [2.75, 3.05) is 12.4 Å². The minimum Gasteiger partial charge on any atom is -0.373 e. The summed E-state index contributed by atoms with van der Waals surface area (Å²) in [7, 11) is 1.75. The highest BCUT2D eigenvalue weighted by Gasteiger charge is 2.08. The second kappa shape index (κ2) is 5.68. The highest BCUT2D eigenvalue weighted by molar-refractivity contribution is 5.34. The molecule has 0 atom stereocenters. The van der Waals surface area contributed by atoms with E-state index < -0.39 is 0 Å². The molecule has 0 amide bonds. The molecule has 0 radical (unpaired) electrons. The van der Waals surface area contributed by atoms with Crippen LogP contribution >= 0.6 is 0 Å². The molecule has 0 bridgehead atoms. The Morgan fingerprint density at radius 1 is 1.30 bits per heavy atom. The molecule has 2 aromatic rings. The van der Waals surface area contributed by atoms with E-state index in [0.29, 0.717) is 18.2 Å². The summed E-state index contributed by atoms with van der Waals surface area (Å²) in [6.07, 6.45) is 1.50. The minimum atomic E-state index is -0.351. The summed E-state index contributed by atoms with van der Waals surface area (Å²) in [6, 6.07) is 3.17. The van der Waals surface area contributed by atoms with Gasteiger partial charge in [-0.25, -0.2) is 14.8 Å². The van der Waals surface area contributed by atoms with E-state index in [9.17, 15) is 9.59 Å². The Morgan fingerprint density at radius 3 is 2.70 bits per heavy atom. The molecule has 0 aliphatic carbocycles. The predicted molar refractivity (Wildman–Crippen MR) is 76.1 cm³/mol. The van der Waals surface area contributed by atoms with Gasteiger partial charge in [-0.2, -0.15) is 0 Å². The van der Waals surface area contributed by atoms with Crippen molar-refractivity contribution in [3.63, 3.8) is 0 Å². The first-order valence-corrected chi connectivity index (χ1v) is 6.37. The van der Waals surface area contributed by atoms with E-state index >= 15 is 0 Å². The van der Waals surface area contributed by atoms with Crippen molar-refractivity contribution in [1.82, 2.24) is 19.1 Å². The second-order valence-electron chi connectivity index (χ2n) is 4.37. The summed E-state index contributed by atoms with van der Waals surface area (Å²) in [5.74, 6) is 1.09. The maximum Gasteiger partial charge on any atom is 0.331 e. The Balaban J connectivity index is 2.47. The highest BCUT2D eigenvalue weighted by atomic mass is 16.2. The van der Waals surface area contributed by atoms with E-state index in [4.69, 9.17) is 0 Å². The molecule has 0 aromatic carbocycles. The van der Waals surface area contributed by atoms with Crippen LogP contribution in [0.15, 0.2) is 27.9 Å². The van der Waals surface area contributed by atoms with Crippen molar-refractivity contribution in [3.8, 4) is 0 Å². The zero-order valence-corrected chi connectivity index (χ0v) is 11.8. The third-order valence-electron chi connectivity index (χ3n) is 2.94. The first-order chi connectivity index (χ1) is 9.55. The summed E-state index contributed by atoms with van der Waals surface area (Å²) in [4.78, 5) is 32.5. The summed E-state index contributed by atoms with van der Waals surface area (Å²) in [5, 5.41) is 2.92. The number of aryl methyl sites for hydroxylation is 2. The van der Waals surface area contributed by atoms with Crippen molar-refractivity contribution in [2.45, 2.75) is 26.9 Å². The van der Waals surface area contributed by atoms with Gasteiger partial charge in [0.2, 0.25) is 0 Å². The summed E-state index contributed by atoms with van der Waals surface area (Å²) < 4.78 is 2.61. The van der Waals surface area contributed by atoms with E-state index in [1.54, 1.807) is 13.1 Å². The lowest BCUT2D eigenvalue weighted by Crippen LogP contribution is -2.39. The summed E-state index contributed by atoms with van der Waals surface area (Å²) in [6.45, 7) is 4.26. The minimum absolute atomic E-state index is 0.0644. The molecule has 0 aliphatic heterocycles. The molecule has 7 nitrogen and oxygen atoms in total. The van der Waals surface area contributed by atoms with Crippen LogP contribution in [0.4, 0.5) is 5.82 Å². The van der Waals surface area contributed by atoms with Crippen LogP contribution in [0.3, 0.4) is 0 Å². The monoisotopic (exact) mass is 275 g/mol. The van der Waals surface area contributed by atoms with Crippen LogP contribution in [0.2, 0.25) is 0 Å². The molecule has 1 N–H and O–H groups in total. The predicted octanol–water partition coefficient (Wildman–Crippen LogP) is 0.218. The van der Waals surface area contributed by atoms with Crippen LogP contribution in [0.5, 0.6) is 0 Å². The van der Waals surface area contributed by atoms with E-state index in [1.165, 1.54) is 16.8 Å². The lowest BCUT2D eigenvalue weighted by Gasteiger charge is -2.09. The van der Waals surface area contributed by atoms with Crippen molar-refractivity contribution in [2.24, 2.45) is 0 Å². The lowest BCUT2D eigenvalue weighted by atomic mass is 10.4. The second-order valence-corrected chi connectivity index (χ2v) is 4.37. The van der Waals surface area contributed by atoms with Gasteiger partial charge in [0.25, 0.3) is 5.56 Å². The molecule has 2 heterocycles.